The van der Waals surface area contributed by atoms with Crippen molar-refractivity contribution in [2.75, 3.05) is 5.73 Å². The Kier molecular flexibility index (Phi) is 2.56. The molecule has 1 aromatic rings. The van der Waals surface area contributed by atoms with E-state index < -0.39 is 11.1 Å². The molecule has 1 aromatic heterocycles. The minimum absolute atomic E-state index is 0.0698. The monoisotopic (exact) mass is 171 g/mol. The van der Waals surface area contributed by atoms with Crippen LogP contribution >= 0.6 is 0 Å². The van der Waals surface area contributed by atoms with Gasteiger partial charge in [0.1, 0.15) is 5.82 Å². The lowest BCUT2D eigenvalue weighted by Crippen LogP contribution is -2.00. The fraction of sp³-hybridized carbons (Fsp3) is 0.167. The average molecular weight is 171 g/mol. The van der Waals surface area contributed by atoms with Crippen molar-refractivity contribution < 1.29 is 8.76 Å². The number of anilines is 1. The van der Waals surface area contributed by atoms with E-state index >= 15 is 0 Å². The number of nitrogens with two attached hydrogens (primary N) is 1. The molecule has 0 aliphatic carbocycles. The van der Waals surface area contributed by atoms with Gasteiger partial charge in [0, 0.05) is 17.5 Å². The van der Waals surface area contributed by atoms with E-state index in [1.54, 1.807) is 12.1 Å². The molecule has 4 nitrogen and oxygen atoms in total. The molecule has 0 saturated heterocycles. The van der Waals surface area contributed by atoms with Crippen LogP contribution in [0.4, 0.5) is 5.82 Å². The molecular formula is C6H7N2O2S-. The molecule has 0 aliphatic heterocycles. The number of hydrogen-bond acceptors (Lipinski definition) is 4. The molecule has 0 aliphatic rings. The fourth-order valence-corrected chi connectivity index (χ4v) is 1.20. The predicted molar refractivity (Wildman–Crippen MR) is 41.3 cm³/mol. The molecule has 1 rings (SSSR count). The summed E-state index contributed by atoms with van der Waals surface area (Å²) in [4.78, 5) is 3.74. The Balaban J connectivity index is 2.86. The molecule has 0 saturated carbocycles. The van der Waals surface area contributed by atoms with Gasteiger partial charge in [0.05, 0.1) is 0 Å². The van der Waals surface area contributed by atoms with Crippen LogP contribution in [0.15, 0.2) is 18.3 Å². The molecule has 1 atom stereocenters. The van der Waals surface area contributed by atoms with Crippen LogP contribution in [0.25, 0.3) is 0 Å². The topological polar surface area (TPSA) is 79.0 Å². The largest absolute Gasteiger partial charge is 0.772 e. The summed E-state index contributed by atoms with van der Waals surface area (Å²) in [5.41, 5.74) is 5.93. The predicted octanol–water partition coefficient (Wildman–Crippen LogP) is 0.0429. The van der Waals surface area contributed by atoms with Gasteiger partial charge in [0.2, 0.25) is 0 Å². The molecule has 0 bridgehead atoms. The summed E-state index contributed by atoms with van der Waals surface area (Å²) in [6, 6.07) is 3.29. The van der Waals surface area contributed by atoms with Gasteiger partial charge in [0.15, 0.2) is 0 Å². The molecule has 0 amide bonds. The Hall–Kier alpha value is -0.940. The SMILES string of the molecule is Nc1ncccc1CS(=O)[O-]. The third-order valence-corrected chi connectivity index (χ3v) is 1.75. The highest BCUT2D eigenvalue weighted by Gasteiger charge is 1.97. The van der Waals surface area contributed by atoms with E-state index in [2.05, 4.69) is 4.98 Å². The standard InChI is InChI=1S/C6H8N2O2S/c7-6-5(4-11(9)10)2-1-3-8-6/h1-3H,4H2,(H2,7,8)(H,9,10)/p-1. The van der Waals surface area contributed by atoms with Crippen LogP contribution in [0.3, 0.4) is 0 Å². The Morgan fingerprint density at radius 3 is 3.00 bits per heavy atom. The molecule has 5 heteroatoms. The minimum atomic E-state index is -2.10. The van der Waals surface area contributed by atoms with E-state index in [1.165, 1.54) is 6.20 Å². The molecule has 1 heterocycles. The van der Waals surface area contributed by atoms with Crippen molar-refractivity contribution >= 4 is 16.9 Å². The molecular weight excluding hydrogens is 164 g/mol. The molecule has 0 aromatic carbocycles. The normalized spacial score (nSPS) is 12.8. The Labute approximate surface area is 66.7 Å². The van der Waals surface area contributed by atoms with Gasteiger partial charge >= 0.3 is 0 Å². The van der Waals surface area contributed by atoms with Crippen LogP contribution in [0.1, 0.15) is 5.56 Å². The first-order chi connectivity index (χ1) is 5.20. The van der Waals surface area contributed by atoms with Crippen LogP contribution in [0.2, 0.25) is 0 Å². The van der Waals surface area contributed by atoms with Gasteiger partial charge in [-0.15, -0.1) is 0 Å². The second-order valence-electron chi connectivity index (χ2n) is 2.00. The number of rotatable bonds is 2. The summed E-state index contributed by atoms with van der Waals surface area (Å²) < 4.78 is 20.5. The number of hydrogen-bond donors (Lipinski definition) is 1. The number of nitrogens with zero attached hydrogens (tertiary/aromatic N) is 1. The third-order valence-electron chi connectivity index (χ3n) is 1.20. The Bertz CT molecular complexity index is 277. The highest BCUT2D eigenvalue weighted by atomic mass is 32.2. The van der Waals surface area contributed by atoms with Crippen LogP contribution < -0.4 is 5.73 Å². The summed E-state index contributed by atoms with van der Waals surface area (Å²) >= 11 is -2.10. The number of nitrogen functional groups attached to an aromatic ring is 1. The van der Waals surface area contributed by atoms with E-state index in [0.29, 0.717) is 5.56 Å². The van der Waals surface area contributed by atoms with E-state index in [9.17, 15) is 8.76 Å². The first kappa shape index (κ1) is 8.16. The van der Waals surface area contributed by atoms with Crippen molar-refractivity contribution in [2.24, 2.45) is 0 Å². The van der Waals surface area contributed by atoms with Gasteiger partial charge in [-0.25, -0.2) is 4.98 Å². The maximum absolute atomic E-state index is 10.2. The molecule has 60 valence electrons. The Morgan fingerprint density at radius 1 is 1.73 bits per heavy atom. The highest BCUT2D eigenvalue weighted by molar-refractivity contribution is 7.78. The van der Waals surface area contributed by atoms with Crippen LogP contribution in [-0.4, -0.2) is 13.7 Å². The second kappa shape index (κ2) is 3.45. The lowest BCUT2D eigenvalue weighted by atomic mass is 10.3. The summed E-state index contributed by atoms with van der Waals surface area (Å²) in [7, 11) is 0. The lowest BCUT2D eigenvalue weighted by Gasteiger charge is -2.05. The van der Waals surface area contributed by atoms with Crippen LogP contribution in [0, 0.1) is 0 Å². The maximum Gasteiger partial charge on any atom is 0.127 e. The number of pyridine rings is 1. The van der Waals surface area contributed by atoms with E-state index in [4.69, 9.17) is 5.73 Å². The van der Waals surface area contributed by atoms with Crippen LogP contribution in [0.5, 0.6) is 0 Å². The van der Waals surface area contributed by atoms with Gasteiger partial charge in [-0.1, -0.05) is 17.1 Å². The van der Waals surface area contributed by atoms with Gasteiger partial charge in [-0.3, -0.25) is 4.21 Å². The molecule has 0 spiro atoms. The minimum Gasteiger partial charge on any atom is -0.772 e. The quantitative estimate of drug-likeness (QED) is 0.637. The van der Waals surface area contributed by atoms with E-state index in [-0.39, 0.29) is 11.6 Å². The molecule has 11 heavy (non-hydrogen) atoms. The van der Waals surface area contributed by atoms with Crippen molar-refractivity contribution in [3.05, 3.63) is 23.9 Å². The van der Waals surface area contributed by atoms with Gasteiger partial charge in [-0.05, 0) is 6.07 Å². The summed E-state index contributed by atoms with van der Waals surface area (Å²) in [5, 5.41) is 0. The summed E-state index contributed by atoms with van der Waals surface area (Å²) in [5.74, 6) is 0.205. The van der Waals surface area contributed by atoms with Crippen molar-refractivity contribution in [3.63, 3.8) is 0 Å². The fourth-order valence-electron chi connectivity index (χ4n) is 0.700. The van der Waals surface area contributed by atoms with Gasteiger partial charge in [-0.2, -0.15) is 0 Å². The van der Waals surface area contributed by atoms with E-state index in [1.807, 2.05) is 0 Å². The van der Waals surface area contributed by atoms with Crippen molar-refractivity contribution in [2.45, 2.75) is 5.75 Å². The zero-order valence-corrected chi connectivity index (χ0v) is 6.50. The van der Waals surface area contributed by atoms with Crippen molar-refractivity contribution in [1.82, 2.24) is 4.98 Å². The molecule has 0 radical (unpaired) electrons. The van der Waals surface area contributed by atoms with E-state index in [0.717, 1.165) is 0 Å². The second-order valence-corrected chi connectivity index (χ2v) is 2.89. The smallest absolute Gasteiger partial charge is 0.127 e. The number of aromatic nitrogens is 1. The van der Waals surface area contributed by atoms with Gasteiger partial charge in [0.25, 0.3) is 0 Å². The molecule has 2 N–H and O–H groups in total. The molecule has 0 fully saturated rings. The zero-order chi connectivity index (χ0) is 8.27. The first-order valence-corrected chi connectivity index (χ1v) is 4.20. The maximum atomic E-state index is 10.2. The average Bonchev–Trinajstić information content (AvgIpc) is 1.93. The zero-order valence-electron chi connectivity index (χ0n) is 5.69. The van der Waals surface area contributed by atoms with Crippen LogP contribution in [-0.2, 0) is 16.8 Å². The van der Waals surface area contributed by atoms with Crippen molar-refractivity contribution in [3.8, 4) is 0 Å². The van der Waals surface area contributed by atoms with Crippen molar-refractivity contribution in [1.29, 1.82) is 0 Å². The first-order valence-electron chi connectivity index (χ1n) is 2.95. The van der Waals surface area contributed by atoms with Gasteiger partial charge < -0.3 is 10.3 Å². The highest BCUT2D eigenvalue weighted by Crippen LogP contribution is 2.08. The Morgan fingerprint density at radius 2 is 2.45 bits per heavy atom. The third kappa shape index (κ3) is 2.28. The summed E-state index contributed by atoms with van der Waals surface area (Å²) in [6.45, 7) is 0. The summed E-state index contributed by atoms with van der Waals surface area (Å²) in [6.07, 6.45) is 1.52. The lowest BCUT2D eigenvalue weighted by molar-refractivity contribution is 0.536. The molecule has 1 unspecified atom stereocenters.